The second-order valence-electron chi connectivity index (χ2n) is 8.50. The number of Topliss-reactive ketones (excluding diaryl/α,β-unsaturated/α-hetero) is 1. The van der Waals surface area contributed by atoms with Gasteiger partial charge in [0.15, 0.2) is 5.82 Å². The Bertz CT molecular complexity index is 825. The predicted molar refractivity (Wildman–Crippen MR) is 110 cm³/mol. The van der Waals surface area contributed by atoms with Gasteiger partial charge in [-0.15, -0.1) is 10.2 Å². The molecule has 0 spiro atoms. The molecule has 0 N–H and O–H groups in total. The second kappa shape index (κ2) is 7.63. The van der Waals surface area contributed by atoms with Gasteiger partial charge in [0, 0.05) is 50.1 Å². The normalized spacial score (nSPS) is 20.8. The summed E-state index contributed by atoms with van der Waals surface area (Å²) in [6, 6.07) is 13.2. The number of benzene rings is 1. The van der Waals surface area contributed by atoms with Crippen molar-refractivity contribution in [3.63, 3.8) is 0 Å². The third-order valence-electron chi connectivity index (χ3n) is 6.23. The fourth-order valence-corrected chi connectivity index (χ4v) is 4.16. The summed E-state index contributed by atoms with van der Waals surface area (Å²) in [6.07, 6.45) is 6.66. The summed E-state index contributed by atoms with van der Waals surface area (Å²) < 4.78 is 0. The lowest BCUT2D eigenvalue weighted by atomic mass is 10.0. The highest BCUT2D eigenvalue weighted by Gasteiger charge is 2.30. The van der Waals surface area contributed by atoms with Gasteiger partial charge < -0.3 is 4.90 Å². The smallest absolute Gasteiger partial charge is 0.151 e. The first-order chi connectivity index (χ1) is 13.8. The maximum Gasteiger partial charge on any atom is 0.151 e. The van der Waals surface area contributed by atoms with Gasteiger partial charge in [0.05, 0.1) is 5.69 Å². The van der Waals surface area contributed by atoms with Crippen LogP contribution in [-0.4, -0.2) is 53.1 Å². The van der Waals surface area contributed by atoms with E-state index in [4.69, 9.17) is 0 Å². The molecular weight excluding hydrogens is 348 g/mol. The lowest BCUT2D eigenvalue weighted by Crippen LogP contribution is -2.32. The molecular formula is C23H28N4O. The van der Waals surface area contributed by atoms with E-state index in [1.807, 2.05) is 12.1 Å². The Kier molecular flexibility index (Phi) is 4.85. The molecule has 3 fully saturated rings. The summed E-state index contributed by atoms with van der Waals surface area (Å²) in [5.74, 6) is 1.69. The standard InChI is InChI=1S/C23H28N4O/c28-22(19-6-7-19)16-17-2-4-18(5-3-17)21-10-11-23(25-24-21)27-13-1-12-26(14-15-27)20-8-9-20/h2-5,10-11,19-20H,1,6-9,12-16H2. The van der Waals surface area contributed by atoms with Crippen molar-refractivity contribution in [1.82, 2.24) is 15.1 Å². The van der Waals surface area contributed by atoms with E-state index in [2.05, 4.69) is 44.3 Å². The monoisotopic (exact) mass is 376 g/mol. The summed E-state index contributed by atoms with van der Waals surface area (Å²) in [5.41, 5.74) is 3.03. The van der Waals surface area contributed by atoms with Crippen LogP contribution in [0.15, 0.2) is 36.4 Å². The summed E-state index contributed by atoms with van der Waals surface area (Å²) in [7, 11) is 0. The highest BCUT2D eigenvalue weighted by atomic mass is 16.1. The van der Waals surface area contributed by atoms with Gasteiger partial charge in [0.2, 0.25) is 0 Å². The van der Waals surface area contributed by atoms with Crippen LogP contribution in [0, 0.1) is 5.92 Å². The highest BCUT2D eigenvalue weighted by Crippen LogP contribution is 2.31. The lowest BCUT2D eigenvalue weighted by molar-refractivity contribution is -0.119. The van der Waals surface area contributed by atoms with Crippen molar-refractivity contribution in [1.29, 1.82) is 0 Å². The van der Waals surface area contributed by atoms with E-state index in [1.165, 1.54) is 25.8 Å². The van der Waals surface area contributed by atoms with E-state index >= 15 is 0 Å². The van der Waals surface area contributed by atoms with Crippen LogP contribution < -0.4 is 4.90 Å². The predicted octanol–water partition coefficient (Wildman–Crippen LogP) is 3.34. The minimum Gasteiger partial charge on any atom is -0.354 e. The Labute approximate surface area is 166 Å². The summed E-state index contributed by atoms with van der Waals surface area (Å²) in [4.78, 5) is 17.0. The number of aromatic nitrogens is 2. The van der Waals surface area contributed by atoms with Gasteiger partial charge in [-0.3, -0.25) is 9.69 Å². The number of rotatable bonds is 6. The fraction of sp³-hybridized carbons (Fsp3) is 0.522. The molecule has 0 atom stereocenters. The van der Waals surface area contributed by atoms with Gasteiger partial charge in [0.25, 0.3) is 0 Å². The Morgan fingerprint density at radius 3 is 2.39 bits per heavy atom. The highest BCUT2D eigenvalue weighted by molar-refractivity contribution is 5.85. The zero-order chi connectivity index (χ0) is 18.9. The Hall–Kier alpha value is -2.27. The van der Waals surface area contributed by atoms with Gasteiger partial charge in [-0.2, -0.15) is 0 Å². The molecule has 1 aromatic carbocycles. The van der Waals surface area contributed by atoms with Crippen molar-refractivity contribution in [3.8, 4) is 11.3 Å². The van der Waals surface area contributed by atoms with Crippen molar-refractivity contribution in [2.24, 2.45) is 5.92 Å². The maximum atomic E-state index is 12.0. The number of carbonyl (C=O) groups excluding carboxylic acids is 1. The molecule has 2 aliphatic carbocycles. The minimum absolute atomic E-state index is 0.327. The molecule has 0 amide bonds. The lowest BCUT2D eigenvalue weighted by Gasteiger charge is -2.22. The average Bonchev–Trinajstić information content (AvgIpc) is 3.61. The van der Waals surface area contributed by atoms with Crippen molar-refractivity contribution in [3.05, 3.63) is 42.0 Å². The molecule has 2 saturated carbocycles. The minimum atomic E-state index is 0.327. The first-order valence-corrected chi connectivity index (χ1v) is 10.7. The summed E-state index contributed by atoms with van der Waals surface area (Å²) in [6.45, 7) is 4.44. The largest absolute Gasteiger partial charge is 0.354 e. The van der Waals surface area contributed by atoms with E-state index in [1.54, 1.807) is 0 Å². The summed E-state index contributed by atoms with van der Waals surface area (Å²) in [5, 5.41) is 8.99. The molecule has 5 nitrogen and oxygen atoms in total. The van der Waals surface area contributed by atoms with Crippen LogP contribution in [-0.2, 0) is 11.2 Å². The third kappa shape index (κ3) is 4.09. The Balaban J connectivity index is 1.22. The van der Waals surface area contributed by atoms with Gasteiger partial charge in [-0.05, 0) is 49.8 Å². The van der Waals surface area contributed by atoms with E-state index in [-0.39, 0.29) is 0 Å². The van der Waals surface area contributed by atoms with Gasteiger partial charge in [-0.1, -0.05) is 24.3 Å². The first-order valence-electron chi connectivity index (χ1n) is 10.7. The number of ketones is 1. The van der Waals surface area contributed by atoms with E-state index in [9.17, 15) is 4.79 Å². The van der Waals surface area contributed by atoms with Gasteiger partial charge >= 0.3 is 0 Å². The van der Waals surface area contributed by atoms with Gasteiger partial charge in [-0.25, -0.2) is 0 Å². The molecule has 3 aliphatic rings. The number of carbonyl (C=O) groups is 1. The van der Waals surface area contributed by atoms with E-state index in [0.29, 0.717) is 18.1 Å². The van der Waals surface area contributed by atoms with Crippen molar-refractivity contribution >= 4 is 11.6 Å². The van der Waals surface area contributed by atoms with Crippen molar-refractivity contribution in [2.75, 3.05) is 31.1 Å². The van der Waals surface area contributed by atoms with Crippen LogP contribution in [0.2, 0.25) is 0 Å². The molecule has 1 aromatic heterocycles. The second-order valence-corrected chi connectivity index (χ2v) is 8.50. The quantitative estimate of drug-likeness (QED) is 0.774. The topological polar surface area (TPSA) is 49.3 Å². The fourth-order valence-electron chi connectivity index (χ4n) is 4.16. The summed E-state index contributed by atoms with van der Waals surface area (Å²) >= 11 is 0. The molecule has 1 saturated heterocycles. The zero-order valence-corrected chi connectivity index (χ0v) is 16.4. The van der Waals surface area contributed by atoms with Crippen LogP contribution in [0.25, 0.3) is 11.3 Å². The number of nitrogens with zero attached hydrogens (tertiary/aromatic N) is 4. The molecule has 0 bridgehead atoms. The molecule has 28 heavy (non-hydrogen) atoms. The van der Waals surface area contributed by atoms with Crippen LogP contribution in [0.3, 0.4) is 0 Å². The molecule has 0 unspecified atom stereocenters. The third-order valence-corrected chi connectivity index (χ3v) is 6.23. The molecule has 5 rings (SSSR count). The Morgan fingerprint density at radius 1 is 0.893 bits per heavy atom. The van der Waals surface area contributed by atoms with Crippen LogP contribution in [0.1, 0.15) is 37.7 Å². The number of hydrogen-bond acceptors (Lipinski definition) is 5. The van der Waals surface area contributed by atoms with Gasteiger partial charge in [0.1, 0.15) is 5.78 Å². The molecule has 2 heterocycles. The molecule has 2 aromatic rings. The Morgan fingerprint density at radius 2 is 1.71 bits per heavy atom. The average molecular weight is 377 g/mol. The number of anilines is 1. The van der Waals surface area contributed by atoms with E-state index < -0.39 is 0 Å². The first kappa shape index (κ1) is 17.8. The molecule has 0 radical (unpaired) electrons. The molecule has 1 aliphatic heterocycles. The van der Waals surface area contributed by atoms with Crippen LogP contribution in [0.4, 0.5) is 5.82 Å². The SMILES string of the molecule is O=C(Cc1ccc(-c2ccc(N3CCCN(C4CC4)CC3)nn2)cc1)C1CC1. The maximum absolute atomic E-state index is 12.0. The molecule has 146 valence electrons. The zero-order valence-electron chi connectivity index (χ0n) is 16.4. The van der Waals surface area contributed by atoms with Crippen LogP contribution >= 0.6 is 0 Å². The number of hydrogen-bond donors (Lipinski definition) is 0. The van der Waals surface area contributed by atoms with E-state index in [0.717, 1.165) is 61.2 Å². The van der Waals surface area contributed by atoms with Crippen LogP contribution in [0.5, 0.6) is 0 Å². The van der Waals surface area contributed by atoms with Crippen molar-refractivity contribution < 1.29 is 4.79 Å². The molecule has 5 heteroatoms. The van der Waals surface area contributed by atoms with Crippen molar-refractivity contribution in [2.45, 2.75) is 44.6 Å².